The fourth-order valence-corrected chi connectivity index (χ4v) is 3.66. The summed E-state index contributed by atoms with van der Waals surface area (Å²) in [5.74, 6) is 0.382. The largest absolute Gasteiger partial charge is 0.339 e. The van der Waals surface area contributed by atoms with Gasteiger partial charge in [0.2, 0.25) is 5.91 Å². The molecule has 1 atom stereocenters. The fraction of sp³-hybridized carbons (Fsp3) is 0.875. The van der Waals surface area contributed by atoms with Crippen molar-refractivity contribution in [2.45, 2.75) is 57.9 Å². The molecule has 20 heavy (non-hydrogen) atoms. The van der Waals surface area contributed by atoms with Crippen LogP contribution in [0, 0.1) is 5.92 Å². The first kappa shape index (κ1) is 15.5. The highest BCUT2D eigenvalue weighted by atomic mass is 16.2. The Labute approximate surface area is 122 Å². The topological polar surface area (TPSA) is 40.6 Å². The van der Waals surface area contributed by atoms with E-state index < -0.39 is 0 Å². The molecule has 0 aromatic rings. The van der Waals surface area contributed by atoms with Gasteiger partial charge in [0.05, 0.1) is 6.54 Å². The number of amides is 1. The summed E-state index contributed by atoms with van der Waals surface area (Å²) in [6.07, 6.45) is 9.22. The summed E-state index contributed by atoms with van der Waals surface area (Å²) in [7, 11) is 0. The van der Waals surface area contributed by atoms with E-state index in [-0.39, 0.29) is 11.8 Å². The van der Waals surface area contributed by atoms with Gasteiger partial charge in [-0.3, -0.25) is 9.69 Å². The van der Waals surface area contributed by atoms with Crippen molar-refractivity contribution in [1.82, 2.24) is 9.80 Å². The summed E-state index contributed by atoms with van der Waals surface area (Å²) in [4.78, 5) is 27.7. The van der Waals surface area contributed by atoms with Crippen LogP contribution >= 0.6 is 0 Å². The van der Waals surface area contributed by atoms with Crippen molar-refractivity contribution in [2.24, 2.45) is 5.92 Å². The lowest BCUT2D eigenvalue weighted by Gasteiger charge is -2.36. The molecule has 4 nitrogen and oxygen atoms in total. The Kier molecular flexibility index (Phi) is 6.02. The zero-order chi connectivity index (χ0) is 14.4. The van der Waals surface area contributed by atoms with E-state index in [0.29, 0.717) is 12.6 Å². The Hall–Kier alpha value is -0.900. The van der Waals surface area contributed by atoms with Crippen molar-refractivity contribution in [3.63, 3.8) is 0 Å². The minimum absolute atomic E-state index is 0.126. The summed E-state index contributed by atoms with van der Waals surface area (Å²) in [6, 6.07) is 0.452. The quantitative estimate of drug-likeness (QED) is 0.724. The number of rotatable bonds is 5. The van der Waals surface area contributed by atoms with Crippen LogP contribution in [0.2, 0.25) is 0 Å². The lowest BCUT2D eigenvalue weighted by molar-refractivity contribution is -0.136. The molecule has 0 aromatic carbocycles. The molecule has 0 radical (unpaired) electrons. The molecule has 1 saturated carbocycles. The third-order valence-corrected chi connectivity index (χ3v) is 4.77. The van der Waals surface area contributed by atoms with Gasteiger partial charge in [0.25, 0.3) is 0 Å². The number of likely N-dealkylation sites (N-methyl/N-ethyl adjacent to an activating group) is 1. The summed E-state index contributed by atoms with van der Waals surface area (Å²) in [5, 5.41) is 0. The molecule has 2 aliphatic rings. The average molecular weight is 280 g/mol. The van der Waals surface area contributed by atoms with Gasteiger partial charge in [-0.15, -0.1) is 0 Å². The molecular formula is C16H28N2O2. The van der Waals surface area contributed by atoms with Gasteiger partial charge in [-0.05, 0) is 39.2 Å². The Morgan fingerprint density at radius 1 is 1.20 bits per heavy atom. The Balaban J connectivity index is 1.86. The van der Waals surface area contributed by atoms with E-state index >= 15 is 0 Å². The van der Waals surface area contributed by atoms with Crippen LogP contribution in [0.1, 0.15) is 51.9 Å². The predicted molar refractivity (Wildman–Crippen MR) is 79.5 cm³/mol. The second-order valence-corrected chi connectivity index (χ2v) is 6.25. The molecule has 1 heterocycles. The first-order valence-electron chi connectivity index (χ1n) is 8.21. The lowest BCUT2D eigenvalue weighted by atomic mass is 9.94. The summed E-state index contributed by atoms with van der Waals surface area (Å²) in [5.41, 5.74) is 0. The van der Waals surface area contributed by atoms with Gasteiger partial charge >= 0.3 is 0 Å². The molecule has 0 bridgehead atoms. The van der Waals surface area contributed by atoms with Crippen LogP contribution in [0.25, 0.3) is 0 Å². The number of hydrogen-bond donors (Lipinski definition) is 0. The van der Waals surface area contributed by atoms with Crippen LogP contribution in [-0.2, 0) is 9.59 Å². The van der Waals surface area contributed by atoms with Gasteiger partial charge in [0.1, 0.15) is 6.29 Å². The third kappa shape index (κ3) is 4.05. The lowest BCUT2D eigenvalue weighted by Crippen LogP contribution is -2.48. The second kappa shape index (κ2) is 7.77. The Morgan fingerprint density at radius 3 is 2.60 bits per heavy atom. The van der Waals surface area contributed by atoms with Crippen LogP contribution in [-0.4, -0.2) is 54.2 Å². The van der Waals surface area contributed by atoms with Crippen LogP contribution < -0.4 is 0 Å². The summed E-state index contributed by atoms with van der Waals surface area (Å²) in [6.45, 7) is 5.11. The van der Waals surface area contributed by atoms with Gasteiger partial charge in [0.15, 0.2) is 0 Å². The van der Waals surface area contributed by atoms with Crippen molar-refractivity contribution in [2.75, 3.05) is 26.2 Å². The average Bonchev–Trinajstić information content (AvgIpc) is 2.49. The normalized spacial score (nSPS) is 25.4. The van der Waals surface area contributed by atoms with E-state index in [1.54, 1.807) is 0 Å². The van der Waals surface area contributed by atoms with Gasteiger partial charge in [-0.1, -0.05) is 19.3 Å². The van der Waals surface area contributed by atoms with Crippen LogP contribution in [0.15, 0.2) is 0 Å². The number of piperidine rings is 1. The second-order valence-electron chi connectivity index (χ2n) is 6.25. The van der Waals surface area contributed by atoms with Crippen molar-refractivity contribution < 1.29 is 9.59 Å². The molecule has 2 fully saturated rings. The SMILES string of the molecule is CCN(C(=O)CN1CCCC(C=O)C1)C1CCCCC1. The van der Waals surface area contributed by atoms with Crippen LogP contribution in [0.5, 0.6) is 0 Å². The highest BCUT2D eigenvalue weighted by Crippen LogP contribution is 2.23. The van der Waals surface area contributed by atoms with Crippen LogP contribution in [0.3, 0.4) is 0 Å². The molecule has 2 rings (SSSR count). The molecule has 4 heteroatoms. The Morgan fingerprint density at radius 2 is 1.95 bits per heavy atom. The molecular weight excluding hydrogens is 252 g/mol. The molecule has 1 saturated heterocycles. The van der Waals surface area contributed by atoms with E-state index in [1.807, 2.05) is 0 Å². The van der Waals surface area contributed by atoms with E-state index in [9.17, 15) is 9.59 Å². The standard InChI is InChI=1S/C16H28N2O2/c1-2-18(15-8-4-3-5-9-15)16(20)12-17-10-6-7-14(11-17)13-19/h13-15H,2-12H2,1H3. The molecule has 0 spiro atoms. The van der Waals surface area contributed by atoms with Crippen LogP contribution in [0.4, 0.5) is 0 Å². The van der Waals surface area contributed by atoms with Crippen molar-refractivity contribution in [3.8, 4) is 0 Å². The van der Waals surface area contributed by atoms with E-state index in [0.717, 1.165) is 51.6 Å². The highest BCUT2D eigenvalue weighted by Gasteiger charge is 2.27. The van der Waals surface area contributed by atoms with Gasteiger partial charge in [-0.2, -0.15) is 0 Å². The molecule has 114 valence electrons. The predicted octanol–water partition coefficient (Wildman–Crippen LogP) is 2.08. The number of carbonyl (C=O) groups excluding carboxylic acids is 2. The minimum atomic E-state index is 0.126. The van der Waals surface area contributed by atoms with E-state index in [1.165, 1.54) is 19.3 Å². The third-order valence-electron chi connectivity index (χ3n) is 4.77. The Bertz CT molecular complexity index is 326. The van der Waals surface area contributed by atoms with Gasteiger partial charge < -0.3 is 9.69 Å². The monoisotopic (exact) mass is 280 g/mol. The molecule has 1 amide bonds. The van der Waals surface area contributed by atoms with Gasteiger partial charge in [-0.25, -0.2) is 0 Å². The van der Waals surface area contributed by atoms with Crippen molar-refractivity contribution >= 4 is 12.2 Å². The molecule has 1 unspecified atom stereocenters. The smallest absolute Gasteiger partial charge is 0.236 e. The summed E-state index contributed by atoms with van der Waals surface area (Å²) >= 11 is 0. The zero-order valence-corrected chi connectivity index (χ0v) is 12.7. The number of carbonyl (C=O) groups is 2. The fourth-order valence-electron chi connectivity index (χ4n) is 3.66. The maximum absolute atomic E-state index is 12.5. The zero-order valence-electron chi connectivity index (χ0n) is 12.7. The van der Waals surface area contributed by atoms with E-state index in [2.05, 4.69) is 16.7 Å². The number of hydrogen-bond acceptors (Lipinski definition) is 3. The van der Waals surface area contributed by atoms with Crippen molar-refractivity contribution in [1.29, 1.82) is 0 Å². The molecule has 1 aliphatic carbocycles. The highest BCUT2D eigenvalue weighted by molar-refractivity contribution is 5.78. The number of aldehydes is 1. The van der Waals surface area contributed by atoms with Crippen molar-refractivity contribution in [3.05, 3.63) is 0 Å². The summed E-state index contributed by atoms with van der Waals surface area (Å²) < 4.78 is 0. The first-order valence-corrected chi connectivity index (χ1v) is 8.21. The van der Waals surface area contributed by atoms with Gasteiger partial charge in [0, 0.05) is 25.0 Å². The molecule has 0 aromatic heterocycles. The minimum Gasteiger partial charge on any atom is -0.339 e. The van der Waals surface area contributed by atoms with E-state index in [4.69, 9.17) is 0 Å². The molecule has 1 aliphatic heterocycles. The maximum atomic E-state index is 12.5. The number of likely N-dealkylation sites (tertiary alicyclic amines) is 1. The number of nitrogens with zero attached hydrogens (tertiary/aromatic N) is 2. The maximum Gasteiger partial charge on any atom is 0.236 e. The first-order chi connectivity index (χ1) is 9.74. The molecule has 0 N–H and O–H groups in total.